The monoisotopic (exact) mass is 330 g/mol. The highest BCUT2D eigenvalue weighted by Crippen LogP contribution is 2.38. The van der Waals surface area contributed by atoms with E-state index in [0.717, 1.165) is 50.0 Å². The number of pyridine rings is 1. The number of nitrogens with zero attached hydrogens (tertiary/aromatic N) is 3. The molecule has 0 amide bonds. The lowest BCUT2D eigenvalue weighted by Gasteiger charge is -2.05. The van der Waals surface area contributed by atoms with E-state index in [1.807, 2.05) is 36.7 Å². The van der Waals surface area contributed by atoms with Crippen molar-refractivity contribution in [3.63, 3.8) is 0 Å². The second-order valence-corrected chi connectivity index (χ2v) is 6.41. The number of benzene rings is 1. The molecule has 5 nitrogen and oxygen atoms in total. The van der Waals surface area contributed by atoms with E-state index in [0.29, 0.717) is 5.71 Å². The molecule has 4 heterocycles. The van der Waals surface area contributed by atoms with E-state index in [4.69, 9.17) is 8.83 Å². The molecule has 4 aromatic heterocycles. The van der Waals surface area contributed by atoms with Crippen LogP contribution in [0.25, 0.3) is 44.5 Å². The van der Waals surface area contributed by atoms with Gasteiger partial charge in [-0.05, 0) is 43.7 Å². The lowest BCUT2D eigenvalue weighted by Crippen LogP contribution is -2.31. The van der Waals surface area contributed by atoms with Gasteiger partial charge in [0.1, 0.15) is 17.5 Å². The van der Waals surface area contributed by atoms with Crippen LogP contribution in [0.3, 0.4) is 0 Å². The molecule has 0 radical (unpaired) electrons. The molecule has 25 heavy (non-hydrogen) atoms. The first-order valence-electron chi connectivity index (χ1n) is 8.15. The van der Waals surface area contributed by atoms with Gasteiger partial charge in [0.05, 0.1) is 17.8 Å². The van der Waals surface area contributed by atoms with Gasteiger partial charge in [0, 0.05) is 17.3 Å². The molecule has 5 aromatic rings. The summed E-state index contributed by atoms with van der Waals surface area (Å²) < 4.78 is 14.1. The quantitative estimate of drug-likeness (QED) is 0.432. The summed E-state index contributed by atoms with van der Waals surface area (Å²) in [6.45, 7) is 4.05. The maximum atomic E-state index is 6.14. The Labute approximate surface area is 143 Å². The van der Waals surface area contributed by atoms with Crippen LogP contribution >= 0.6 is 0 Å². The van der Waals surface area contributed by atoms with Gasteiger partial charge in [-0.2, -0.15) is 0 Å². The second-order valence-electron chi connectivity index (χ2n) is 6.41. The first-order chi connectivity index (χ1) is 12.1. The summed E-state index contributed by atoms with van der Waals surface area (Å²) in [6, 6.07) is 10.2. The molecule has 1 aromatic carbocycles. The zero-order valence-electron chi connectivity index (χ0n) is 14.2. The van der Waals surface area contributed by atoms with Crippen molar-refractivity contribution in [2.45, 2.75) is 13.8 Å². The number of furan rings is 2. The van der Waals surface area contributed by atoms with Crippen molar-refractivity contribution < 1.29 is 13.4 Å². The fourth-order valence-electron chi connectivity index (χ4n) is 3.37. The molecular weight excluding hydrogens is 314 g/mol. The molecule has 0 N–H and O–H groups in total. The van der Waals surface area contributed by atoms with Crippen LogP contribution in [0.1, 0.15) is 11.3 Å². The second kappa shape index (κ2) is 4.89. The van der Waals surface area contributed by atoms with Gasteiger partial charge in [-0.1, -0.05) is 4.98 Å². The van der Waals surface area contributed by atoms with Crippen molar-refractivity contribution in [1.29, 1.82) is 0 Å². The predicted molar refractivity (Wildman–Crippen MR) is 95.2 cm³/mol. The highest BCUT2D eigenvalue weighted by Gasteiger charge is 2.19. The standard InChI is InChI=1S/C20H16N3O2/c1-11-8-15-17(9-14(11)16-6-7-21-10-23(16)3)24-18-13-5-4-12(2)22-20(13)25-19(15)18/h4-10H,1-3H3/q+1. The summed E-state index contributed by atoms with van der Waals surface area (Å²) in [6.07, 6.45) is 3.60. The molecule has 0 fully saturated rings. The number of aromatic nitrogens is 3. The largest absolute Gasteiger partial charge is 0.452 e. The molecule has 5 rings (SSSR count). The van der Waals surface area contributed by atoms with Gasteiger partial charge in [0.2, 0.25) is 5.71 Å². The van der Waals surface area contributed by atoms with Crippen LogP contribution in [-0.4, -0.2) is 9.97 Å². The summed E-state index contributed by atoms with van der Waals surface area (Å²) in [5.41, 5.74) is 7.24. The molecule has 0 unspecified atom stereocenters. The van der Waals surface area contributed by atoms with E-state index in [9.17, 15) is 0 Å². The first kappa shape index (κ1) is 14.2. The average Bonchev–Trinajstić information content (AvgIpc) is 3.10. The van der Waals surface area contributed by atoms with E-state index in [1.165, 1.54) is 0 Å². The molecular formula is C20H16N3O2+. The van der Waals surface area contributed by atoms with Crippen LogP contribution in [0.15, 0.2) is 51.7 Å². The topological polar surface area (TPSA) is 55.9 Å². The van der Waals surface area contributed by atoms with Crippen molar-refractivity contribution in [2.24, 2.45) is 7.05 Å². The van der Waals surface area contributed by atoms with Gasteiger partial charge < -0.3 is 8.83 Å². The Hall–Kier alpha value is -3.21. The van der Waals surface area contributed by atoms with E-state index in [2.05, 4.69) is 29.0 Å². The van der Waals surface area contributed by atoms with Crippen LogP contribution in [0.2, 0.25) is 0 Å². The van der Waals surface area contributed by atoms with Crippen LogP contribution in [-0.2, 0) is 7.05 Å². The Morgan fingerprint density at radius 3 is 2.64 bits per heavy atom. The lowest BCUT2D eigenvalue weighted by atomic mass is 10.0. The number of aryl methyl sites for hydroxylation is 3. The zero-order valence-corrected chi connectivity index (χ0v) is 14.2. The Balaban J connectivity index is 1.84. The SMILES string of the molecule is Cc1ccc2c(n1)oc1c3cc(C)c(-c4ccnc[n+]4C)cc3oc21. The highest BCUT2D eigenvalue weighted by molar-refractivity contribution is 6.12. The van der Waals surface area contributed by atoms with Gasteiger partial charge in [0.15, 0.2) is 11.2 Å². The molecule has 5 heteroatoms. The van der Waals surface area contributed by atoms with E-state index >= 15 is 0 Å². The van der Waals surface area contributed by atoms with Gasteiger partial charge in [-0.3, -0.25) is 0 Å². The summed E-state index contributed by atoms with van der Waals surface area (Å²) in [7, 11) is 1.99. The van der Waals surface area contributed by atoms with Crippen LogP contribution < -0.4 is 4.57 Å². The van der Waals surface area contributed by atoms with E-state index in [-0.39, 0.29) is 0 Å². The van der Waals surface area contributed by atoms with E-state index in [1.54, 1.807) is 12.5 Å². The van der Waals surface area contributed by atoms with Crippen LogP contribution in [0.4, 0.5) is 0 Å². The lowest BCUT2D eigenvalue weighted by molar-refractivity contribution is -0.663. The maximum absolute atomic E-state index is 6.14. The van der Waals surface area contributed by atoms with E-state index < -0.39 is 0 Å². The molecule has 0 aliphatic rings. The van der Waals surface area contributed by atoms with Crippen LogP contribution in [0.5, 0.6) is 0 Å². The third kappa shape index (κ3) is 1.99. The molecule has 0 saturated heterocycles. The van der Waals surface area contributed by atoms with Gasteiger partial charge in [0.25, 0.3) is 6.33 Å². The molecule has 0 aliphatic heterocycles. The molecule has 0 aliphatic carbocycles. The number of hydrogen-bond donors (Lipinski definition) is 0. The molecule has 0 spiro atoms. The Morgan fingerprint density at radius 1 is 0.960 bits per heavy atom. The summed E-state index contributed by atoms with van der Waals surface area (Å²) in [5.74, 6) is 0. The minimum atomic E-state index is 0.623. The zero-order chi connectivity index (χ0) is 17.1. The minimum Gasteiger partial charge on any atom is -0.452 e. The maximum Gasteiger partial charge on any atom is 0.286 e. The smallest absolute Gasteiger partial charge is 0.286 e. The van der Waals surface area contributed by atoms with Crippen molar-refractivity contribution >= 4 is 33.2 Å². The third-order valence-electron chi connectivity index (χ3n) is 4.65. The average molecular weight is 330 g/mol. The van der Waals surface area contributed by atoms with Gasteiger partial charge in [-0.25, -0.2) is 9.55 Å². The molecule has 122 valence electrons. The molecule has 0 atom stereocenters. The molecule has 0 saturated carbocycles. The Kier molecular flexibility index (Phi) is 2.77. The minimum absolute atomic E-state index is 0.623. The van der Waals surface area contributed by atoms with Crippen molar-refractivity contribution in [2.75, 3.05) is 0 Å². The summed E-state index contributed by atoms with van der Waals surface area (Å²) >= 11 is 0. The summed E-state index contributed by atoms with van der Waals surface area (Å²) in [5, 5.41) is 1.88. The number of fused-ring (bicyclic) bond motifs is 5. The fourth-order valence-corrected chi connectivity index (χ4v) is 3.37. The Bertz CT molecular complexity index is 1280. The van der Waals surface area contributed by atoms with Crippen LogP contribution in [0, 0.1) is 13.8 Å². The fraction of sp³-hybridized carbons (Fsp3) is 0.150. The number of hydrogen-bond acceptors (Lipinski definition) is 4. The van der Waals surface area contributed by atoms with Crippen molar-refractivity contribution in [1.82, 2.24) is 9.97 Å². The number of rotatable bonds is 1. The first-order valence-corrected chi connectivity index (χ1v) is 8.15. The van der Waals surface area contributed by atoms with Crippen molar-refractivity contribution in [3.8, 4) is 11.3 Å². The van der Waals surface area contributed by atoms with Gasteiger partial charge >= 0.3 is 0 Å². The normalized spacial score (nSPS) is 11.8. The van der Waals surface area contributed by atoms with Gasteiger partial charge in [-0.15, -0.1) is 0 Å². The Morgan fingerprint density at radius 2 is 1.80 bits per heavy atom. The highest BCUT2D eigenvalue weighted by atomic mass is 16.4. The predicted octanol–water partition coefficient (Wildman–Crippen LogP) is 4.23. The molecule has 0 bridgehead atoms. The third-order valence-corrected chi connectivity index (χ3v) is 4.65. The van der Waals surface area contributed by atoms with Crippen molar-refractivity contribution in [3.05, 3.63) is 54.1 Å². The summed E-state index contributed by atoms with van der Waals surface area (Å²) in [4.78, 5) is 8.60.